The van der Waals surface area contributed by atoms with Crippen molar-refractivity contribution < 1.29 is 4.79 Å². The van der Waals surface area contributed by atoms with Gasteiger partial charge in [-0.15, -0.1) is 0 Å². The second-order valence-electron chi connectivity index (χ2n) is 5.49. The fourth-order valence-corrected chi connectivity index (χ4v) is 2.41. The summed E-state index contributed by atoms with van der Waals surface area (Å²) in [5, 5.41) is 6.24. The van der Waals surface area contributed by atoms with Gasteiger partial charge in [-0.05, 0) is 65.2 Å². The van der Waals surface area contributed by atoms with Gasteiger partial charge in [-0.2, -0.15) is 0 Å². The third-order valence-electron chi connectivity index (χ3n) is 3.90. The summed E-state index contributed by atoms with van der Waals surface area (Å²) in [5.74, 6) is 1.02. The minimum atomic E-state index is 0.179. The van der Waals surface area contributed by atoms with Crippen LogP contribution in [0.15, 0.2) is 0 Å². The maximum absolute atomic E-state index is 11.8. The first-order valence-corrected chi connectivity index (χ1v) is 7.32. The molecule has 0 radical (unpaired) electrons. The Balaban J connectivity index is 2.16. The van der Waals surface area contributed by atoms with E-state index in [0.29, 0.717) is 12.6 Å². The summed E-state index contributed by atoms with van der Waals surface area (Å²) in [4.78, 5) is 14.1. The zero-order valence-electron chi connectivity index (χ0n) is 12.2. The Morgan fingerprint density at radius 3 is 2.61 bits per heavy atom. The van der Waals surface area contributed by atoms with Gasteiger partial charge in [-0.3, -0.25) is 9.69 Å². The maximum atomic E-state index is 11.8. The smallest absolute Gasteiger partial charge is 0.234 e. The minimum Gasteiger partial charge on any atom is -0.353 e. The van der Waals surface area contributed by atoms with Crippen LogP contribution in [0.4, 0.5) is 0 Å². The lowest BCUT2D eigenvalue weighted by atomic mass is 9.93. The molecule has 0 aliphatic carbocycles. The van der Waals surface area contributed by atoms with Gasteiger partial charge < -0.3 is 10.6 Å². The summed E-state index contributed by atoms with van der Waals surface area (Å²) in [6.45, 7) is 7.98. The molecule has 1 atom stereocenters. The van der Waals surface area contributed by atoms with Gasteiger partial charge in [0, 0.05) is 6.04 Å². The highest BCUT2D eigenvalue weighted by Crippen LogP contribution is 2.19. The molecule has 1 rings (SSSR count). The molecular formula is C14H29N3O. The average Bonchev–Trinajstić information content (AvgIpc) is 2.37. The van der Waals surface area contributed by atoms with Crippen molar-refractivity contribution in [3.05, 3.63) is 0 Å². The van der Waals surface area contributed by atoms with Crippen LogP contribution in [0.3, 0.4) is 0 Å². The molecule has 18 heavy (non-hydrogen) atoms. The quantitative estimate of drug-likeness (QED) is 0.719. The molecular weight excluding hydrogens is 226 g/mol. The molecule has 4 heteroatoms. The zero-order valence-corrected chi connectivity index (χ0v) is 12.2. The van der Waals surface area contributed by atoms with E-state index in [1.807, 2.05) is 7.05 Å². The second kappa shape index (κ2) is 8.48. The summed E-state index contributed by atoms with van der Waals surface area (Å²) in [7, 11) is 2.01. The second-order valence-corrected chi connectivity index (χ2v) is 5.49. The van der Waals surface area contributed by atoms with Gasteiger partial charge in [0.15, 0.2) is 0 Å². The van der Waals surface area contributed by atoms with Crippen LogP contribution in [0.2, 0.25) is 0 Å². The Bertz CT molecular complexity index is 237. The van der Waals surface area contributed by atoms with Crippen molar-refractivity contribution >= 4 is 5.91 Å². The number of hydrogen-bond donors (Lipinski definition) is 2. The van der Waals surface area contributed by atoms with Crippen LogP contribution in [0.25, 0.3) is 0 Å². The topological polar surface area (TPSA) is 44.4 Å². The molecule has 1 amide bonds. The lowest BCUT2D eigenvalue weighted by Gasteiger charge is -2.31. The molecule has 2 N–H and O–H groups in total. The first kappa shape index (κ1) is 15.4. The SMILES string of the molecule is CCC(C)NC(=O)CN1CCC(CCNC)CC1. The number of rotatable bonds is 7. The van der Waals surface area contributed by atoms with Crippen molar-refractivity contribution in [3.8, 4) is 0 Å². The first-order valence-electron chi connectivity index (χ1n) is 7.32. The molecule has 1 fully saturated rings. The molecule has 1 heterocycles. The number of nitrogens with zero attached hydrogens (tertiary/aromatic N) is 1. The van der Waals surface area contributed by atoms with E-state index in [1.54, 1.807) is 0 Å². The molecule has 1 aliphatic heterocycles. The molecule has 0 saturated carbocycles. The zero-order chi connectivity index (χ0) is 13.4. The van der Waals surface area contributed by atoms with Crippen molar-refractivity contribution in [2.24, 2.45) is 5.92 Å². The maximum Gasteiger partial charge on any atom is 0.234 e. The van der Waals surface area contributed by atoms with Crippen molar-refractivity contribution in [2.75, 3.05) is 33.2 Å². The summed E-state index contributed by atoms with van der Waals surface area (Å²) >= 11 is 0. The molecule has 1 aliphatic rings. The first-order chi connectivity index (χ1) is 8.65. The van der Waals surface area contributed by atoms with Gasteiger partial charge in [0.25, 0.3) is 0 Å². The largest absolute Gasteiger partial charge is 0.353 e. The molecule has 1 unspecified atom stereocenters. The predicted molar refractivity (Wildman–Crippen MR) is 75.6 cm³/mol. The molecule has 106 valence electrons. The monoisotopic (exact) mass is 255 g/mol. The number of carbonyl (C=O) groups excluding carboxylic acids is 1. The number of carbonyl (C=O) groups is 1. The molecule has 0 aromatic heterocycles. The molecule has 4 nitrogen and oxygen atoms in total. The Kier molecular flexibility index (Phi) is 7.28. The summed E-state index contributed by atoms with van der Waals surface area (Å²) < 4.78 is 0. The van der Waals surface area contributed by atoms with Crippen LogP contribution in [-0.4, -0.2) is 50.1 Å². The van der Waals surface area contributed by atoms with Crippen LogP contribution >= 0.6 is 0 Å². The van der Waals surface area contributed by atoms with E-state index in [-0.39, 0.29) is 5.91 Å². The minimum absolute atomic E-state index is 0.179. The van der Waals surface area contributed by atoms with Crippen LogP contribution in [0.5, 0.6) is 0 Å². The van der Waals surface area contributed by atoms with Gasteiger partial charge in [0.1, 0.15) is 0 Å². The van der Waals surface area contributed by atoms with Gasteiger partial charge in [-0.25, -0.2) is 0 Å². The number of nitrogens with one attached hydrogen (secondary N) is 2. The summed E-state index contributed by atoms with van der Waals surface area (Å²) in [5.41, 5.74) is 0. The fraction of sp³-hybridized carbons (Fsp3) is 0.929. The molecule has 0 spiro atoms. The van der Waals surface area contributed by atoms with Crippen LogP contribution in [-0.2, 0) is 4.79 Å². The third kappa shape index (κ3) is 5.83. The van der Waals surface area contributed by atoms with Crippen LogP contribution < -0.4 is 10.6 Å². The number of likely N-dealkylation sites (tertiary alicyclic amines) is 1. The predicted octanol–water partition coefficient (Wildman–Crippen LogP) is 1.22. The van der Waals surface area contributed by atoms with E-state index in [9.17, 15) is 4.79 Å². The van der Waals surface area contributed by atoms with E-state index in [0.717, 1.165) is 32.0 Å². The fourth-order valence-electron chi connectivity index (χ4n) is 2.41. The van der Waals surface area contributed by atoms with Crippen LogP contribution in [0.1, 0.15) is 39.5 Å². The number of piperidine rings is 1. The van der Waals surface area contributed by atoms with Crippen molar-refractivity contribution in [1.29, 1.82) is 0 Å². The molecule has 1 saturated heterocycles. The Labute approximate surface area is 111 Å². The standard InChI is InChI=1S/C14H29N3O/c1-4-12(2)16-14(18)11-17-9-6-13(7-10-17)5-8-15-3/h12-13,15H,4-11H2,1-3H3,(H,16,18). The van der Waals surface area contributed by atoms with Crippen molar-refractivity contribution in [2.45, 2.75) is 45.6 Å². The third-order valence-corrected chi connectivity index (χ3v) is 3.90. The van der Waals surface area contributed by atoms with Crippen molar-refractivity contribution in [1.82, 2.24) is 15.5 Å². The summed E-state index contributed by atoms with van der Waals surface area (Å²) in [6, 6.07) is 0.297. The lowest BCUT2D eigenvalue weighted by Crippen LogP contribution is -2.43. The number of hydrogen-bond acceptors (Lipinski definition) is 3. The van der Waals surface area contributed by atoms with E-state index in [1.165, 1.54) is 19.3 Å². The Hall–Kier alpha value is -0.610. The number of amides is 1. The van der Waals surface area contributed by atoms with E-state index < -0.39 is 0 Å². The average molecular weight is 255 g/mol. The van der Waals surface area contributed by atoms with E-state index in [4.69, 9.17) is 0 Å². The van der Waals surface area contributed by atoms with Crippen molar-refractivity contribution in [3.63, 3.8) is 0 Å². The highest BCUT2D eigenvalue weighted by molar-refractivity contribution is 5.78. The molecule has 0 aromatic carbocycles. The van der Waals surface area contributed by atoms with Gasteiger partial charge >= 0.3 is 0 Å². The van der Waals surface area contributed by atoms with Gasteiger partial charge in [0.2, 0.25) is 5.91 Å². The highest BCUT2D eigenvalue weighted by Gasteiger charge is 2.20. The Morgan fingerprint density at radius 1 is 1.39 bits per heavy atom. The lowest BCUT2D eigenvalue weighted by molar-refractivity contribution is -0.123. The Morgan fingerprint density at radius 2 is 2.06 bits per heavy atom. The molecule has 0 aromatic rings. The summed E-state index contributed by atoms with van der Waals surface area (Å²) in [6.07, 6.45) is 4.73. The van der Waals surface area contributed by atoms with Gasteiger partial charge in [-0.1, -0.05) is 6.92 Å². The van der Waals surface area contributed by atoms with Gasteiger partial charge in [0.05, 0.1) is 6.54 Å². The normalized spacial score (nSPS) is 19.7. The van der Waals surface area contributed by atoms with E-state index in [2.05, 4.69) is 29.4 Å². The van der Waals surface area contributed by atoms with E-state index >= 15 is 0 Å². The van der Waals surface area contributed by atoms with Crippen LogP contribution in [0, 0.1) is 5.92 Å². The molecule has 0 bridgehead atoms. The highest BCUT2D eigenvalue weighted by atomic mass is 16.2.